The molecule has 0 bridgehead atoms. The van der Waals surface area contributed by atoms with Crippen molar-refractivity contribution in [2.45, 2.75) is 6.54 Å². The normalized spacial score (nSPS) is 13.7. The van der Waals surface area contributed by atoms with E-state index in [0.717, 1.165) is 0 Å². The molecule has 0 fully saturated rings. The zero-order chi connectivity index (χ0) is 14.4. The van der Waals surface area contributed by atoms with Gasteiger partial charge in [0.25, 0.3) is 11.8 Å². The zero-order valence-corrected chi connectivity index (χ0v) is 10.6. The lowest BCUT2D eigenvalue weighted by atomic mass is 10.1. The van der Waals surface area contributed by atoms with E-state index in [2.05, 4.69) is 4.98 Å². The number of amides is 2. The number of carbonyl (C=O) groups is 2. The van der Waals surface area contributed by atoms with Crippen molar-refractivity contribution in [1.29, 1.82) is 0 Å². The molecule has 2 N–H and O–H groups in total. The molecule has 102 valence electrons. The van der Waals surface area contributed by atoms with Crippen LogP contribution in [0.5, 0.6) is 0 Å². The summed E-state index contributed by atoms with van der Waals surface area (Å²) in [7, 11) is 1.57. The fourth-order valence-electron chi connectivity index (χ4n) is 2.33. The number of nitrogens with zero attached hydrogens (tertiary/aromatic N) is 3. The molecule has 2 amide bonds. The molecule has 20 heavy (non-hydrogen) atoms. The van der Waals surface area contributed by atoms with Gasteiger partial charge in [0.05, 0.1) is 23.5 Å². The van der Waals surface area contributed by atoms with Crippen LogP contribution in [-0.2, 0) is 6.54 Å². The van der Waals surface area contributed by atoms with Crippen molar-refractivity contribution < 1.29 is 14.0 Å². The largest absolute Gasteiger partial charge is 0.364 e. The second-order valence-electron chi connectivity index (χ2n) is 4.60. The molecule has 0 unspecified atom stereocenters. The first-order valence-corrected chi connectivity index (χ1v) is 5.90. The van der Waals surface area contributed by atoms with Crippen LogP contribution in [0.25, 0.3) is 5.69 Å². The molecule has 0 radical (unpaired) electrons. The summed E-state index contributed by atoms with van der Waals surface area (Å²) in [5.41, 5.74) is 6.61. The first kappa shape index (κ1) is 12.3. The van der Waals surface area contributed by atoms with Crippen LogP contribution in [0, 0.1) is 5.82 Å². The highest BCUT2D eigenvalue weighted by Gasteiger charge is 2.27. The minimum atomic E-state index is -0.662. The number of benzene rings is 1. The molecule has 0 saturated heterocycles. The average molecular weight is 274 g/mol. The number of hydrogen-bond donors (Lipinski definition) is 1. The molecule has 1 aliphatic heterocycles. The van der Waals surface area contributed by atoms with E-state index in [9.17, 15) is 14.0 Å². The van der Waals surface area contributed by atoms with Crippen molar-refractivity contribution in [1.82, 2.24) is 14.5 Å². The van der Waals surface area contributed by atoms with Crippen LogP contribution in [0.3, 0.4) is 0 Å². The molecule has 6 nitrogen and oxygen atoms in total. The lowest BCUT2D eigenvalue weighted by Crippen LogP contribution is -2.26. The van der Waals surface area contributed by atoms with Crippen LogP contribution in [0.2, 0.25) is 0 Å². The Bertz CT molecular complexity index is 738. The summed E-state index contributed by atoms with van der Waals surface area (Å²) in [4.78, 5) is 29.0. The Hall–Kier alpha value is -2.70. The van der Waals surface area contributed by atoms with Crippen LogP contribution >= 0.6 is 0 Å². The Morgan fingerprint density at radius 1 is 1.45 bits per heavy atom. The third-order valence-electron chi connectivity index (χ3n) is 3.28. The molecule has 2 aromatic rings. The van der Waals surface area contributed by atoms with Crippen LogP contribution in [-0.4, -0.2) is 33.3 Å². The highest BCUT2D eigenvalue weighted by atomic mass is 19.1. The number of fused-ring (bicyclic) bond motifs is 3. The first-order valence-electron chi connectivity index (χ1n) is 5.90. The van der Waals surface area contributed by atoms with E-state index in [1.54, 1.807) is 11.6 Å². The molecule has 0 spiro atoms. The molecule has 3 rings (SSSR count). The summed E-state index contributed by atoms with van der Waals surface area (Å²) in [6.07, 6.45) is 1.42. The molecule has 0 atom stereocenters. The fraction of sp³-hybridized carbons (Fsp3) is 0.154. The van der Waals surface area contributed by atoms with E-state index < -0.39 is 11.7 Å². The van der Waals surface area contributed by atoms with Crippen molar-refractivity contribution >= 4 is 11.8 Å². The Labute approximate surface area is 113 Å². The van der Waals surface area contributed by atoms with Gasteiger partial charge in [0.1, 0.15) is 12.1 Å². The van der Waals surface area contributed by atoms with E-state index in [4.69, 9.17) is 5.73 Å². The maximum atomic E-state index is 13.4. The van der Waals surface area contributed by atoms with Gasteiger partial charge in [-0.1, -0.05) is 0 Å². The van der Waals surface area contributed by atoms with Crippen LogP contribution in [0.1, 0.15) is 26.5 Å². The minimum absolute atomic E-state index is 0.113. The molecular formula is C13H11FN4O2. The van der Waals surface area contributed by atoms with E-state index in [0.29, 0.717) is 11.4 Å². The number of halogens is 1. The Morgan fingerprint density at radius 2 is 2.20 bits per heavy atom. The van der Waals surface area contributed by atoms with Gasteiger partial charge in [0.2, 0.25) is 0 Å². The molecular weight excluding hydrogens is 263 g/mol. The summed E-state index contributed by atoms with van der Waals surface area (Å²) in [6, 6.07) is 3.91. The maximum Gasteiger partial charge on any atom is 0.269 e. The van der Waals surface area contributed by atoms with E-state index in [1.165, 1.54) is 29.4 Å². The molecule has 2 heterocycles. The Morgan fingerprint density at radius 3 is 2.90 bits per heavy atom. The topological polar surface area (TPSA) is 81.2 Å². The van der Waals surface area contributed by atoms with Gasteiger partial charge in [-0.15, -0.1) is 0 Å². The predicted molar refractivity (Wildman–Crippen MR) is 67.8 cm³/mol. The van der Waals surface area contributed by atoms with Gasteiger partial charge in [-0.3, -0.25) is 14.2 Å². The number of rotatable bonds is 1. The van der Waals surface area contributed by atoms with Gasteiger partial charge in [0, 0.05) is 7.05 Å². The molecule has 1 aromatic carbocycles. The molecule has 1 aromatic heterocycles. The third kappa shape index (κ3) is 1.67. The summed E-state index contributed by atoms with van der Waals surface area (Å²) < 4.78 is 15.0. The van der Waals surface area contributed by atoms with Gasteiger partial charge in [0.15, 0.2) is 5.69 Å². The monoisotopic (exact) mass is 274 g/mol. The van der Waals surface area contributed by atoms with Crippen molar-refractivity contribution in [3.05, 3.63) is 47.3 Å². The van der Waals surface area contributed by atoms with E-state index >= 15 is 0 Å². The number of nitrogens with two attached hydrogens (primary N) is 1. The molecule has 0 saturated carbocycles. The first-order chi connectivity index (χ1) is 9.49. The fourth-order valence-corrected chi connectivity index (χ4v) is 2.33. The van der Waals surface area contributed by atoms with Gasteiger partial charge in [-0.05, 0) is 18.2 Å². The second-order valence-corrected chi connectivity index (χ2v) is 4.60. The molecule has 7 heteroatoms. The number of hydrogen-bond acceptors (Lipinski definition) is 3. The quantitative estimate of drug-likeness (QED) is 0.831. The standard InChI is InChI=1S/C13H11FN4O2/c1-17-5-10-11(12(15)19)16-6-18(10)9-3-2-7(14)4-8(9)13(17)20/h2-4,6H,5H2,1H3,(H2,15,19). The van der Waals surface area contributed by atoms with Crippen LogP contribution in [0.4, 0.5) is 4.39 Å². The summed E-state index contributed by atoms with van der Waals surface area (Å²) in [6.45, 7) is 0.174. The molecule has 1 aliphatic rings. The lowest BCUT2D eigenvalue weighted by molar-refractivity contribution is 0.0785. The number of carbonyl (C=O) groups excluding carboxylic acids is 2. The SMILES string of the molecule is CN1Cc2c(C(N)=O)ncn2-c2ccc(F)cc2C1=O. The van der Waals surface area contributed by atoms with E-state index in [-0.39, 0.29) is 23.7 Å². The molecule has 0 aliphatic carbocycles. The van der Waals surface area contributed by atoms with Crippen molar-refractivity contribution in [3.63, 3.8) is 0 Å². The smallest absolute Gasteiger partial charge is 0.269 e. The maximum absolute atomic E-state index is 13.4. The zero-order valence-electron chi connectivity index (χ0n) is 10.6. The highest BCUT2D eigenvalue weighted by Crippen LogP contribution is 2.25. The second kappa shape index (κ2) is 4.16. The van der Waals surface area contributed by atoms with Crippen molar-refractivity contribution in [2.75, 3.05) is 7.05 Å². The van der Waals surface area contributed by atoms with Gasteiger partial charge >= 0.3 is 0 Å². The van der Waals surface area contributed by atoms with Gasteiger partial charge in [-0.2, -0.15) is 0 Å². The van der Waals surface area contributed by atoms with Crippen molar-refractivity contribution in [3.8, 4) is 5.69 Å². The summed E-state index contributed by atoms with van der Waals surface area (Å²) in [5.74, 6) is -1.48. The van der Waals surface area contributed by atoms with Gasteiger partial charge in [-0.25, -0.2) is 9.37 Å². The summed E-state index contributed by atoms with van der Waals surface area (Å²) in [5, 5.41) is 0. The highest BCUT2D eigenvalue weighted by molar-refractivity contribution is 5.99. The van der Waals surface area contributed by atoms with Gasteiger partial charge < -0.3 is 10.6 Å². The number of primary amides is 1. The predicted octanol–water partition coefficient (Wildman–Crippen LogP) is 0.696. The minimum Gasteiger partial charge on any atom is -0.364 e. The lowest BCUT2D eigenvalue weighted by Gasteiger charge is -2.14. The van der Waals surface area contributed by atoms with Crippen molar-refractivity contribution in [2.24, 2.45) is 5.73 Å². The third-order valence-corrected chi connectivity index (χ3v) is 3.28. The Kier molecular flexibility index (Phi) is 2.56. The van der Waals surface area contributed by atoms with E-state index in [1.807, 2.05) is 0 Å². The average Bonchev–Trinajstić information content (AvgIpc) is 2.77. The number of imidazole rings is 1. The van der Waals surface area contributed by atoms with Crippen LogP contribution in [0.15, 0.2) is 24.5 Å². The number of aromatic nitrogens is 2. The Balaban J connectivity index is 2.31. The summed E-state index contributed by atoms with van der Waals surface area (Å²) >= 11 is 0. The van der Waals surface area contributed by atoms with Crippen LogP contribution < -0.4 is 5.73 Å².